The second kappa shape index (κ2) is 4.19. The third-order valence-electron chi connectivity index (χ3n) is 3.47. The van der Waals surface area contributed by atoms with Gasteiger partial charge in [0.2, 0.25) is 6.21 Å². The quantitative estimate of drug-likeness (QED) is 0.716. The number of rotatable bonds is 1. The summed E-state index contributed by atoms with van der Waals surface area (Å²) in [5, 5.41) is 17.9. The van der Waals surface area contributed by atoms with E-state index < -0.39 is 0 Å². The summed E-state index contributed by atoms with van der Waals surface area (Å²) in [5.74, 6) is -0.0537. The molecule has 1 aliphatic rings. The summed E-state index contributed by atoms with van der Waals surface area (Å²) in [7, 11) is 0. The predicted octanol–water partition coefficient (Wildman–Crippen LogP) is 2.13. The minimum atomic E-state index is -0.233. The van der Waals surface area contributed by atoms with Crippen molar-refractivity contribution in [2.75, 3.05) is 0 Å². The van der Waals surface area contributed by atoms with Gasteiger partial charge in [-0.15, -0.1) is 0 Å². The van der Waals surface area contributed by atoms with Crippen LogP contribution in [-0.4, -0.2) is 22.3 Å². The number of benzene rings is 2. The molecule has 0 aliphatic carbocycles. The summed E-state index contributed by atoms with van der Waals surface area (Å²) in [6.07, 6.45) is 2.41. The molecule has 19 heavy (non-hydrogen) atoms. The highest BCUT2D eigenvalue weighted by molar-refractivity contribution is 5.89. The Morgan fingerprint density at radius 1 is 1.16 bits per heavy atom. The van der Waals surface area contributed by atoms with Crippen molar-refractivity contribution < 1.29 is 9.79 Å². The van der Waals surface area contributed by atoms with Gasteiger partial charge in [0.05, 0.1) is 0 Å². The van der Waals surface area contributed by atoms with Crippen LogP contribution in [0.15, 0.2) is 47.6 Å². The van der Waals surface area contributed by atoms with E-state index in [1.165, 1.54) is 10.8 Å². The number of hydrogen-bond donors (Lipinski definition) is 0. The highest BCUT2D eigenvalue weighted by Gasteiger charge is 2.36. The molecule has 96 valence electrons. The van der Waals surface area contributed by atoms with Gasteiger partial charge in [-0.3, -0.25) is 0 Å². The molecular weight excluding hydrogens is 236 g/mol. The summed E-state index contributed by atoms with van der Waals surface area (Å²) in [4.78, 5) is 0. The lowest BCUT2D eigenvalue weighted by Crippen LogP contribution is -2.31. The molecule has 0 fully saturated rings. The maximum Gasteiger partial charge on any atom is 0.203 e. The molecule has 0 amide bonds. The second-order valence-corrected chi connectivity index (χ2v) is 5.56. The van der Waals surface area contributed by atoms with Gasteiger partial charge >= 0.3 is 0 Å². The van der Waals surface area contributed by atoms with Gasteiger partial charge in [0.15, 0.2) is 5.54 Å². The Morgan fingerprint density at radius 2 is 1.89 bits per heavy atom. The predicted molar refractivity (Wildman–Crippen MR) is 75.5 cm³/mol. The van der Waals surface area contributed by atoms with Crippen LogP contribution in [0.25, 0.3) is 10.8 Å². The molecule has 0 spiro atoms. The third kappa shape index (κ3) is 2.24. The van der Waals surface area contributed by atoms with E-state index in [-0.39, 0.29) is 11.4 Å². The van der Waals surface area contributed by atoms with E-state index >= 15 is 0 Å². The second-order valence-electron chi connectivity index (χ2n) is 5.56. The van der Waals surface area contributed by atoms with Gasteiger partial charge in [-0.25, -0.2) is 0 Å². The van der Waals surface area contributed by atoms with Gasteiger partial charge < -0.3 is 5.11 Å². The van der Waals surface area contributed by atoms with Crippen molar-refractivity contribution in [3.8, 4) is 0 Å². The molecule has 0 saturated heterocycles. The van der Waals surface area contributed by atoms with Crippen LogP contribution in [0, 0.1) is 0 Å². The smallest absolute Gasteiger partial charge is 0.203 e. The minimum Gasteiger partial charge on any atom is -0.857 e. The molecular formula is C16H16N2O. The van der Waals surface area contributed by atoms with Crippen molar-refractivity contribution in [2.45, 2.75) is 25.8 Å². The largest absolute Gasteiger partial charge is 0.857 e. The van der Waals surface area contributed by atoms with E-state index in [0.717, 1.165) is 5.56 Å². The van der Waals surface area contributed by atoms with Crippen LogP contribution in [0.2, 0.25) is 0 Å². The van der Waals surface area contributed by atoms with Gasteiger partial charge in [0, 0.05) is 31.7 Å². The van der Waals surface area contributed by atoms with Crippen LogP contribution < -0.4 is 5.11 Å². The van der Waals surface area contributed by atoms with Gasteiger partial charge in [0.1, 0.15) is 0 Å². The van der Waals surface area contributed by atoms with Crippen molar-refractivity contribution in [2.24, 2.45) is 5.10 Å². The normalized spacial score (nSPS) is 19.9. The molecule has 0 radical (unpaired) electrons. The van der Waals surface area contributed by atoms with Crippen molar-refractivity contribution >= 4 is 22.9 Å². The SMILES string of the molecule is CC1(C)CC([O-])=N/[N+]1=C/c1ccc2ccccc2c1. The van der Waals surface area contributed by atoms with Crippen LogP contribution in [0.3, 0.4) is 0 Å². The van der Waals surface area contributed by atoms with E-state index in [0.29, 0.717) is 6.42 Å². The molecule has 2 aromatic rings. The summed E-state index contributed by atoms with van der Waals surface area (Å²) >= 11 is 0. The Kier molecular flexibility index (Phi) is 2.63. The van der Waals surface area contributed by atoms with Gasteiger partial charge in [-0.1, -0.05) is 35.0 Å². The maximum atomic E-state index is 11.4. The van der Waals surface area contributed by atoms with E-state index in [2.05, 4.69) is 35.4 Å². The molecule has 0 N–H and O–H groups in total. The van der Waals surface area contributed by atoms with Crippen LogP contribution in [0.5, 0.6) is 0 Å². The van der Waals surface area contributed by atoms with E-state index in [1.807, 2.05) is 32.2 Å². The Hall–Kier alpha value is -2.16. The fraction of sp³-hybridized carbons (Fsp3) is 0.250. The molecule has 0 unspecified atom stereocenters. The van der Waals surface area contributed by atoms with Crippen LogP contribution in [-0.2, 0) is 0 Å². The molecule has 0 bridgehead atoms. The third-order valence-corrected chi connectivity index (χ3v) is 3.47. The highest BCUT2D eigenvalue weighted by Crippen LogP contribution is 2.21. The summed E-state index contributed by atoms with van der Waals surface area (Å²) in [6.45, 7) is 4.05. The first kappa shape index (κ1) is 11.9. The number of hydrazone groups is 1. The van der Waals surface area contributed by atoms with Gasteiger partial charge in [0.25, 0.3) is 0 Å². The summed E-state index contributed by atoms with van der Waals surface area (Å²) in [5.41, 5.74) is 0.827. The molecule has 3 nitrogen and oxygen atoms in total. The number of fused-ring (bicyclic) bond motifs is 1. The Morgan fingerprint density at radius 3 is 2.58 bits per heavy atom. The Bertz CT molecular complexity index is 699. The maximum absolute atomic E-state index is 11.4. The summed E-state index contributed by atoms with van der Waals surface area (Å²) < 4.78 is 1.78. The minimum absolute atomic E-state index is 0.0537. The standard InChI is InChI=1S/C16H16N2O/c1-16(2)10-15(19)17-18(16)11-12-7-8-13-5-3-4-6-14(13)9-12/h3-9,11H,10H2,1-2H3/b18-11+. The van der Waals surface area contributed by atoms with Crippen molar-refractivity contribution in [3.63, 3.8) is 0 Å². The van der Waals surface area contributed by atoms with E-state index in [4.69, 9.17) is 0 Å². The lowest BCUT2D eigenvalue weighted by molar-refractivity contribution is -0.591. The molecule has 0 aromatic heterocycles. The molecule has 2 aromatic carbocycles. The highest BCUT2D eigenvalue weighted by atomic mass is 16.3. The van der Waals surface area contributed by atoms with Crippen molar-refractivity contribution in [1.29, 1.82) is 0 Å². The molecule has 1 aliphatic heterocycles. The number of hydrogen-bond acceptors (Lipinski definition) is 2. The zero-order valence-corrected chi connectivity index (χ0v) is 11.1. The monoisotopic (exact) mass is 252 g/mol. The topological polar surface area (TPSA) is 38.4 Å². The van der Waals surface area contributed by atoms with E-state index in [9.17, 15) is 5.11 Å². The van der Waals surface area contributed by atoms with Crippen LogP contribution in [0.1, 0.15) is 25.8 Å². The average Bonchev–Trinajstić information content (AvgIpc) is 2.62. The molecule has 3 heteroatoms. The lowest BCUT2D eigenvalue weighted by Gasteiger charge is -2.11. The molecule has 3 rings (SSSR count). The Labute approximate surface area is 112 Å². The first-order valence-electron chi connectivity index (χ1n) is 6.42. The van der Waals surface area contributed by atoms with Crippen molar-refractivity contribution in [1.82, 2.24) is 0 Å². The fourth-order valence-corrected chi connectivity index (χ4v) is 2.37. The van der Waals surface area contributed by atoms with Crippen LogP contribution >= 0.6 is 0 Å². The Balaban J connectivity index is 2.06. The number of nitrogens with zero attached hydrogens (tertiary/aromatic N) is 2. The van der Waals surface area contributed by atoms with Gasteiger partial charge in [-0.05, 0) is 28.0 Å². The van der Waals surface area contributed by atoms with Gasteiger partial charge in [-0.2, -0.15) is 0 Å². The zero-order valence-electron chi connectivity index (χ0n) is 11.1. The first-order chi connectivity index (χ1) is 9.04. The summed E-state index contributed by atoms with van der Waals surface area (Å²) in [6, 6.07) is 14.5. The zero-order chi connectivity index (χ0) is 13.5. The first-order valence-corrected chi connectivity index (χ1v) is 6.42. The molecule has 1 heterocycles. The van der Waals surface area contributed by atoms with E-state index in [1.54, 1.807) is 4.68 Å². The average molecular weight is 252 g/mol. The van der Waals surface area contributed by atoms with Crippen LogP contribution in [0.4, 0.5) is 0 Å². The van der Waals surface area contributed by atoms with Crippen molar-refractivity contribution in [3.05, 3.63) is 48.0 Å². The fourth-order valence-electron chi connectivity index (χ4n) is 2.37. The lowest BCUT2D eigenvalue weighted by atomic mass is 10.0. The molecule has 0 saturated carbocycles. The molecule has 0 atom stereocenters.